The van der Waals surface area contributed by atoms with Crippen molar-refractivity contribution in [3.05, 3.63) is 51.6 Å². The molecule has 5 unspecified atom stereocenters. The zero-order valence-corrected chi connectivity index (χ0v) is 26.5. The molecule has 0 amide bonds. The summed E-state index contributed by atoms with van der Waals surface area (Å²) in [6.07, 6.45) is -6.88. The Bertz CT molecular complexity index is 1560. The van der Waals surface area contributed by atoms with Gasteiger partial charge in [0.05, 0.1) is 47.7 Å². The molecule has 1 saturated heterocycles. The summed E-state index contributed by atoms with van der Waals surface area (Å²) >= 11 is 0. The van der Waals surface area contributed by atoms with Gasteiger partial charge in [0.2, 0.25) is 5.78 Å². The molecule has 3 aliphatic rings. The number of fused-ring (bicyclic) bond motifs is 3. The number of Topliss-reactive ketones (excluding diaryl/α,β-unsaturated/α-hetero) is 1. The molecule has 2 aromatic rings. The van der Waals surface area contributed by atoms with Gasteiger partial charge in [-0.05, 0) is 33.8 Å². The molecule has 0 spiro atoms. The topological polar surface area (TPSA) is 236 Å². The van der Waals surface area contributed by atoms with Crippen LogP contribution in [0, 0.1) is 0 Å². The predicted molar refractivity (Wildman–Crippen MR) is 162 cm³/mol. The Morgan fingerprint density at radius 1 is 1.11 bits per heavy atom. The van der Waals surface area contributed by atoms with Crippen molar-refractivity contribution in [1.82, 2.24) is 0 Å². The Balaban J connectivity index is 1.48. The molecule has 47 heavy (non-hydrogen) atoms. The van der Waals surface area contributed by atoms with Crippen molar-refractivity contribution in [1.29, 1.82) is 0 Å². The lowest BCUT2D eigenvalue weighted by atomic mass is 9.72. The van der Waals surface area contributed by atoms with Crippen LogP contribution in [0.4, 0.5) is 0 Å². The first-order chi connectivity index (χ1) is 22.1. The number of phenols is 3. The van der Waals surface area contributed by atoms with Crippen LogP contribution in [0.2, 0.25) is 0 Å². The number of aliphatic hydroxyl groups excluding tert-OH is 2. The minimum absolute atomic E-state index is 0.0205. The van der Waals surface area contributed by atoms with E-state index in [1.807, 2.05) is 0 Å². The van der Waals surface area contributed by atoms with E-state index in [4.69, 9.17) is 24.7 Å². The average Bonchev–Trinajstić information content (AvgIpc) is 2.98. The highest BCUT2D eigenvalue weighted by molar-refractivity contribution is 6.31. The molecule has 9 atom stereocenters. The third kappa shape index (κ3) is 6.39. The van der Waals surface area contributed by atoms with Gasteiger partial charge in [-0.25, -0.2) is 0 Å². The second-order valence-corrected chi connectivity index (χ2v) is 12.7. The molecule has 14 nitrogen and oxygen atoms in total. The lowest BCUT2D eigenvalue weighted by Gasteiger charge is -2.43. The molecule has 5 rings (SSSR count). The molecule has 0 radical (unpaired) electrons. The minimum Gasteiger partial charge on any atom is -0.507 e. The molecule has 256 valence electrons. The number of rotatable bonds is 10. The van der Waals surface area contributed by atoms with Gasteiger partial charge in [0.1, 0.15) is 29.0 Å². The monoisotopic (exact) mass is 659 g/mol. The van der Waals surface area contributed by atoms with Crippen molar-refractivity contribution in [2.75, 3.05) is 6.61 Å². The largest absolute Gasteiger partial charge is 0.507 e. The average molecular weight is 660 g/mol. The molecule has 8 N–H and O–H groups in total. The van der Waals surface area contributed by atoms with Gasteiger partial charge in [-0.3, -0.25) is 14.4 Å². The number of carbonyl (C=O) groups excluding carboxylic acids is 3. The molecule has 1 aliphatic heterocycles. The third-order valence-corrected chi connectivity index (χ3v) is 9.04. The van der Waals surface area contributed by atoms with Gasteiger partial charge in [0.25, 0.3) is 0 Å². The molecule has 2 aliphatic carbocycles. The van der Waals surface area contributed by atoms with Gasteiger partial charge in [0.15, 0.2) is 24.1 Å². The maximum atomic E-state index is 13.6. The second-order valence-electron chi connectivity index (χ2n) is 12.7. The van der Waals surface area contributed by atoms with Crippen molar-refractivity contribution in [3.63, 3.8) is 0 Å². The van der Waals surface area contributed by atoms with E-state index in [-0.39, 0.29) is 41.7 Å². The molecule has 0 aromatic heterocycles. The molecule has 1 fully saturated rings. The smallest absolute Gasteiger partial charge is 0.202 e. The molecule has 1 heterocycles. The fourth-order valence-corrected chi connectivity index (χ4v) is 6.60. The molecule has 2 aromatic carbocycles. The molecule has 14 heteroatoms. The number of nitrogens with two attached hydrogens (primary N) is 1. The first-order valence-corrected chi connectivity index (χ1v) is 15.5. The molecular formula is C33H41NO13. The number of aliphatic hydroxyl groups is 3. The maximum Gasteiger partial charge on any atom is 0.202 e. The number of benzene rings is 2. The Morgan fingerprint density at radius 2 is 1.79 bits per heavy atom. The summed E-state index contributed by atoms with van der Waals surface area (Å²) in [5.74, 6) is -4.26. The normalized spacial score (nSPS) is 29.0. The van der Waals surface area contributed by atoms with Crippen molar-refractivity contribution in [2.24, 2.45) is 5.73 Å². The number of hydrogen-bond donors (Lipinski definition) is 7. The van der Waals surface area contributed by atoms with Gasteiger partial charge in [0, 0.05) is 48.4 Å². The number of phenolic OH excluding ortho intramolecular Hbond substituents is 3. The fourth-order valence-electron chi connectivity index (χ4n) is 6.60. The van der Waals surface area contributed by atoms with E-state index >= 15 is 0 Å². The Labute approximate surface area is 270 Å². The maximum absolute atomic E-state index is 13.6. The fraction of sp³-hybridized carbons (Fsp3) is 0.545. The number of ketones is 3. The van der Waals surface area contributed by atoms with E-state index in [0.29, 0.717) is 0 Å². The van der Waals surface area contributed by atoms with Gasteiger partial charge >= 0.3 is 0 Å². The summed E-state index contributed by atoms with van der Waals surface area (Å²) in [6.45, 7) is 5.76. The molecular weight excluding hydrogens is 618 g/mol. The van der Waals surface area contributed by atoms with Crippen LogP contribution in [0.15, 0.2) is 18.2 Å². The first kappa shape index (κ1) is 34.9. The van der Waals surface area contributed by atoms with Crippen LogP contribution in [0.3, 0.4) is 0 Å². The zero-order chi connectivity index (χ0) is 34.5. The zero-order valence-electron chi connectivity index (χ0n) is 26.5. The van der Waals surface area contributed by atoms with Gasteiger partial charge < -0.3 is 55.3 Å². The van der Waals surface area contributed by atoms with E-state index in [0.717, 1.165) is 6.92 Å². The summed E-state index contributed by atoms with van der Waals surface area (Å²) in [7, 11) is 0. The lowest BCUT2D eigenvalue weighted by Crippen LogP contribution is -2.55. The third-order valence-electron chi connectivity index (χ3n) is 9.04. The van der Waals surface area contributed by atoms with Crippen LogP contribution in [0.1, 0.15) is 96.0 Å². The standard InChI is InChI=1S/C33H41NO13/c1-13(36)8-22(44-14(2)12-35)47-32-15(3)45-23(9-19(32)34)46-21-11-33(43,16(4)37)10-18-25(21)31(42)27-26(29(18)40)28(39)17-6-5-7-20(38)24(17)30(27)41/h5-7,13-15,19,21-23,32,35-36,38,40,42-43H,8-12,34H2,1-4H3/t13?,14?,15-,19-,21?,22?,23-,32+,33?/m0/s1. The van der Waals surface area contributed by atoms with Crippen LogP contribution in [-0.4, -0.2) is 103 Å². The number of hydrogen-bond acceptors (Lipinski definition) is 14. The second kappa shape index (κ2) is 13.2. The highest BCUT2D eigenvalue weighted by atomic mass is 16.7. The first-order valence-electron chi connectivity index (χ1n) is 15.5. The minimum atomic E-state index is -2.07. The van der Waals surface area contributed by atoms with Gasteiger partial charge in [-0.1, -0.05) is 12.1 Å². The Hall–Kier alpha value is -3.47. The Kier molecular flexibility index (Phi) is 9.79. The van der Waals surface area contributed by atoms with E-state index in [9.17, 15) is 45.0 Å². The van der Waals surface area contributed by atoms with Crippen molar-refractivity contribution >= 4 is 17.3 Å². The SMILES string of the molecule is CC(=O)C1(O)Cc2c(O)c3c(c(O)c2C(O[C@H]2C[C@H](N)[C@H](OC(CC(C)O)OC(C)CO)[C@H](C)O2)C1)C(=O)c1c(O)cccc1C3=O. The van der Waals surface area contributed by atoms with Crippen LogP contribution < -0.4 is 5.73 Å². The molecule has 0 saturated carbocycles. The van der Waals surface area contributed by atoms with E-state index < -0.39 is 113 Å². The summed E-state index contributed by atoms with van der Waals surface area (Å²) in [5, 5.41) is 64.2. The van der Waals surface area contributed by atoms with Crippen LogP contribution in [0.25, 0.3) is 0 Å². The number of carbonyl (C=O) groups is 3. The van der Waals surface area contributed by atoms with Crippen LogP contribution >= 0.6 is 0 Å². The predicted octanol–water partition coefficient (Wildman–Crippen LogP) is 1.24. The van der Waals surface area contributed by atoms with E-state index in [1.165, 1.54) is 18.2 Å². The summed E-state index contributed by atoms with van der Waals surface area (Å²) in [4.78, 5) is 39.8. The highest BCUT2D eigenvalue weighted by Gasteiger charge is 2.49. The van der Waals surface area contributed by atoms with Crippen molar-refractivity contribution in [3.8, 4) is 17.2 Å². The van der Waals surface area contributed by atoms with Gasteiger partial charge in [-0.2, -0.15) is 0 Å². The quantitative estimate of drug-likeness (QED) is 0.120. The van der Waals surface area contributed by atoms with E-state index in [1.54, 1.807) is 20.8 Å². The summed E-state index contributed by atoms with van der Waals surface area (Å²) in [6, 6.07) is 3.17. The van der Waals surface area contributed by atoms with Crippen LogP contribution in [-0.2, 0) is 30.2 Å². The summed E-state index contributed by atoms with van der Waals surface area (Å²) in [5.41, 5.74) is 2.60. The van der Waals surface area contributed by atoms with Crippen molar-refractivity contribution < 1.29 is 64.0 Å². The Morgan fingerprint density at radius 3 is 2.40 bits per heavy atom. The number of aromatic hydroxyl groups is 3. The highest BCUT2D eigenvalue weighted by Crippen LogP contribution is 2.52. The summed E-state index contributed by atoms with van der Waals surface area (Å²) < 4.78 is 24.1. The lowest BCUT2D eigenvalue weighted by molar-refractivity contribution is -0.285. The van der Waals surface area contributed by atoms with Gasteiger partial charge in [-0.15, -0.1) is 0 Å². The number of ether oxygens (including phenoxy) is 4. The molecule has 0 bridgehead atoms. The van der Waals surface area contributed by atoms with E-state index in [2.05, 4.69) is 0 Å². The van der Waals surface area contributed by atoms with Crippen molar-refractivity contribution in [2.45, 2.75) is 108 Å². The van der Waals surface area contributed by atoms with Crippen LogP contribution in [0.5, 0.6) is 17.2 Å².